The molecule has 41 heavy (non-hydrogen) atoms. The number of aromatic nitrogens is 4. The summed E-state index contributed by atoms with van der Waals surface area (Å²) in [6.45, 7) is 12.1. The highest BCUT2D eigenvalue weighted by Gasteiger charge is 2.16. The van der Waals surface area contributed by atoms with Crippen molar-refractivity contribution in [2.24, 2.45) is 0 Å². The topological polar surface area (TPSA) is 85.1 Å². The van der Waals surface area contributed by atoms with Gasteiger partial charge < -0.3 is 29.8 Å². The Labute approximate surface area is 241 Å². The lowest BCUT2D eigenvalue weighted by Gasteiger charge is -2.34. The predicted octanol–water partition coefficient (Wildman–Crippen LogP) is 6.20. The number of benzene rings is 3. The van der Waals surface area contributed by atoms with Gasteiger partial charge >= 0.3 is 0 Å². The van der Waals surface area contributed by atoms with E-state index >= 15 is 0 Å². The molecule has 0 radical (unpaired) electrons. The van der Waals surface area contributed by atoms with Gasteiger partial charge in [-0.05, 0) is 74.8 Å². The summed E-state index contributed by atoms with van der Waals surface area (Å²) in [5.74, 6) is 2.52. The van der Waals surface area contributed by atoms with E-state index in [1.807, 2.05) is 24.3 Å². The molecule has 3 aromatic carbocycles. The Kier molecular flexibility index (Phi) is 7.91. The zero-order valence-electron chi connectivity index (χ0n) is 24.0. The number of likely N-dealkylation sites (N-methyl/N-ethyl adjacent to an activating group) is 1. The summed E-state index contributed by atoms with van der Waals surface area (Å²) < 4.78 is 6.03. The van der Waals surface area contributed by atoms with Crippen LogP contribution in [0.3, 0.4) is 0 Å². The van der Waals surface area contributed by atoms with Crippen LogP contribution >= 0.6 is 0 Å². The summed E-state index contributed by atoms with van der Waals surface area (Å²) in [5, 5.41) is 3.34. The second-order valence-electron chi connectivity index (χ2n) is 10.9. The second kappa shape index (κ2) is 12.1. The van der Waals surface area contributed by atoms with Crippen LogP contribution < -0.4 is 15.0 Å². The van der Waals surface area contributed by atoms with Crippen molar-refractivity contribution < 1.29 is 4.74 Å². The van der Waals surface area contributed by atoms with Crippen molar-refractivity contribution in [1.82, 2.24) is 30.2 Å². The molecule has 1 aliphatic rings. The van der Waals surface area contributed by atoms with Gasteiger partial charge in [-0.25, -0.2) is 9.97 Å². The molecule has 0 spiro atoms. The molecule has 2 aromatic heterocycles. The van der Waals surface area contributed by atoms with Crippen molar-refractivity contribution in [3.05, 3.63) is 72.9 Å². The molecule has 8 heteroatoms. The van der Waals surface area contributed by atoms with E-state index in [0.29, 0.717) is 6.61 Å². The minimum atomic E-state index is 0.647. The van der Waals surface area contributed by atoms with Crippen molar-refractivity contribution in [2.45, 2.75) is 26.2 Å². The van der Waals surface area contributed by atoms with E-state index in [4.69, 9.17) is 14.7 Å². The Morgan fingerprint density at radius 3 is 2.37 bits per heavy atom. The first-order valence-corrected chi connectivity index (χ1v) is 14.6. The third-order valence-corrected chi connectivity index (χ3v) is 7.71. The van der Waals surface area contributed by atoms with Gasteiger partial charge in [-0.15, -0.1) is 0 Å². The lowest BCUT2D eigenvalue weighted by molar-refractivity contribution is 0.310. The SMILES string of the molecule is C=C(CCCOc1cccc(-c2nc3ccc(-c4nc5ccc(N6CCN(C)CC6)cc5[nH]4)cc3[nH]2)c1)NCCC. The Morgan fingerprint density at radius 2 is 1.61 bits per heavy atom. The van der Waals surface area contributed by atoms with Crippen LogP contribution in [0.2, 0.25) is 0 Å². The van der Waals surface area contributed by atoms with Gasteiger partial charge in [0.25, 0.3) is 0 Å². The highest BCUT2D eigenvalue weighted by molar-refractivity contribution is 5.87. The summed E-state index contributed by atoms with van der Waals surface area (Å²) in [7, 11) is 2.18. The van der Waals surface area contributed by atoms with Crippen molar-refractivity contribution in [2.75, 3.05) is 51.3 Å². The number of H-pyrrole nitrogens is 2. The molecule has 3 heterocycles. The lowest BCUT2D eigenvalue weighted by atomic mass is 10.2. The molecule has 1 saturated heterocycles. The number of rotatable bonds is 11. The Morgan fingerprint density at radius 1 is 0.902 bits per heavy atom. The third kappa shape index (κ3) is 6.23. The molecule has 5 aromatic rings. The molecule has 8 nitrogen and oxygen atoms in total. The van der Waals surface area contributed by atoms with E-state index in [2.05, 4.69) is 82.0 Å². The fourth-order valence-corrected chi connectivity index (χ4v) is 5.29. The number of nitrogens with zero attached hydrogens (tertiary/aromatic N) is 4. The number of nitrogens with one attached hydrogen (secondary N) is 3. The average Bonchev–Trinajstić information content (AvgIpc) is 3.62. The van der Waals surface area contributed by atoms with Crippen molar-refractivity contribution in [3.63, 3.8) is 0 Å². The number of hydrogen-bond acceptors (Lipinski definition) is 6. The molecule has 0 atom stereocenters. The van der Waals surface area contributed by atoms with Crippen LogP contribution in [0.4, 0.5) is 5.69 Å². The van der Waals surface area contributed by atoms with Crippen LogP contribution in [0.1, 0.15) is 26.2 Å². The summed E-state index contributed by atoms with van der Waals surface area (Å²) >= 11 is 0. The summed E-state index contributed by atoms with van der Waals surface area (Å²) in [4.78, 5) is 21.6. The first-order chi connectivity index (χ1) is 20.1. The van der Waals surface area contributed by atoms with E-state index in [9.17, 15) is 0 Å². The number of aromatic amines is 2. The maximum absolute atomic E-state index is 6.03. The molecule has 3 N–H and O–H groups in total. The number of ether oxygens (including phenoxy) is 1. The van der Waals surface area contributed by atoms with Crippen molar-refractivity contribution >= 4 is 27.8 Å². The van der Waals surface area contributed by atoms with Crippen LogP contribution in [0.5, 0.6) is 5.75 Å². The minimum absolute atomic E-state index is 0.647. The Bertz CT molecular complexity index is 1640. The van der Waals surface area contributed by atoms with E-state index in [1.165, 1.54) is 5.69 Å². The molecule has 6 rings (SSSR count). The fourth-order valence-electron chi connectivity index (χ4n) is 5.29. The minimum Gasteiger partial charge on any atom is -0.494 e. The van der Waals surface area contributed by atoms with Gasteiger partial charge in [-0.3, -0.25) is 0 Å². The van der Waals surface area contributed by atoms with Crippen LogP contribution in [0, 0.1) is 0 Å². The van der Waals surface area contributed by atoms with Crippen LogP contribution in [0.25, 0.3) is 44.8 Å². The van der Waals surface area contributed by atoms with E-state index < -0.39 is 0 Å². The summed E-state index contributed by atoms with van der Waals surface area (Å²) in [6.07, 6.45) is 2.93. The standard InChI is InChI=1S/C33H39N7O/c1-4-14-34-23(2)7-6-19-41-27-9-5-8-24(20-27)32-35-28-12-10-25(21-30(28)37-32)33-36-29-13-11-26(22-31(29)38-33)40-17-15-39(3)16-18-40/h5,8-13,20-22,34H,2,4,6-7,14-19H2,1,3H3,(H,35,37)(H,36,38). The molecule has 212 valence electrons. The first kappa shape index (κ1) is 26.9. The van der Waals surface area contributed by atoms with Gasteiger partial charge in [-0.2, -0.15) is 0 Å². The number of hydrogen-bond donors (Lipinski definition) is 3. The molecule has 0 amide bonds. The maximum Gasteiger partial charge on any atom is 0.138 e. The van der Waals surface area contributed by atoms with Gasteiger partial charge in [0.2, 0.25) is 0 Å². The normalized spacial score (nSPS) is 14.1. The molecular weight excluding hydrogens is 510 g/mol. The largest absolute Gasteiger partial charge is 0.494 e. The van der Waals surface area contributed by atoms with E-state index in [-0.39, 0.29) is 0 Å². The second-order valence-corrected chi connectivity index (χ2v) is 10.9. The molecule has 0 saturated carbocycles. The molecule has 0 aliphatic carbocycles. The zero-order chi connectivity index (χ0) is 28.2. The first-order valence-electron chi connectivity index (χ1n) is 14.6. The average molecular weight is 550 g/mol. The van der Waals surface area contributed by atoms with E-state index in [1.54, 1.807) is 0 Å². The van der Waals surface area contributed by atoms with Gasteiger partial charge in [0.05, 0.1) is 28.7 Å². The Hall–Kier alpha value is -4.30. The van der Waals surface area contributed by atoms with Crippen molar-refractivity contribution in [3.8, 4) is 28.5 Å². The third-order valence-electron chi connectivity index (χ3n) is 7.71. The number of allylic oxidation sites excluding steroid dienone is 1. The van der Waals surface area contributed by atoms with Gasteiger partial charge in [-0.1, -0.05) is 25.6 Å². The zero-order valence-corrected chi connectivity index (χ0v) is 24.0. The Balaban J connectivity index is 1.15. The van der Waals surface area contributed by atoms with Crippen LogP contribution in [-0.4, -0.2) is 71.2 Å². The quantitative estimate of drug-likeness (QED) is 0.170. The molecule has 0 unspecified atom stereocenters. The van der Waals surface area contributed by atoms with Crippen LogP contribution in [0.15, 0.2) is 72.9 Å². The van der Waals surface area contributed by atoms with Gasteiger partial charge in [0.15, 0.2) is 0 Å². The van der Waals surface area contributed by atoms with Gasteiger partial charge in [0, 0.05) is 55.2 Å². The number of anilines is 1. The van der Waals surface area contributed by atoms with Crippen molar-refractivity contribution in [1.29, 1.82) is 0 Å². The fraction of sp³-hybridized carbons (Fsp3) is 0.333. The monoisotopic (exact) mass is 549 g/mol. The smallest absolute Gasteiger partial charge is 0.138 e. The highest BCUT2D eigenvalue weighted by atomic mass is 16.5. The lowest BCUT2D eigenvalue weighted by Crippen LogP contribution is -2.44. The van der Waals surface area contributed by atoms with Crippen LogP contribution in [-0.2, 0) is 0 Å². The summed E-state index contributed by atoms with van der Waals surface area (Å²) in [5.41, 5.74) is 8.26. The molecular formula is C33H39N7O. The van der Waals surface area contributed by atoms with E-state index in [0.717, 1.165) is 108 Å². The number of fused-ring (bicyclic) bond motifs is 2. The number of piperazine rings is 1. The molecule has 0 bridgehead atoms. The highest BCUT2D eigenvalue weighted by Crippen LogP contribution is 2.29. The predicted molar refractivity (Wildman–Crippen MR) is 168 cm³/mol. The van der Waals surface area contributed by atoms with Gasteiger partial charge in [0.1, 0.15) is 17.4 Å². The number of imidazole rings is 2. The molecule has 1 aliphatic heterocycles. The maximum atomic E-state index is 6.03. The summed E-state index contributed by atoms with van der Waals surface area (Å²) in [6, 6.07) is 20.9. The molecule has 1 fully saturated rings.